The van der Waals surface area contributed by atoms with E-state index in [0.29, 0.717) is 5.16 Å². The zero-order valence-electron chi connectivity index (χ0n) is 16.6. The summed E-state index contributed by atoms with van der Waals surface area (Å²) in [6.07, 6.45) is 0.933. The molecule has 0 radical (unpaired) electrons. The second-order valence-corrected chi connectivity index (χ2v) is 7.53. The number of amides is 1. The molecule has 0 spiro atoms. The van der Waals surface area contributed by atoms with Crippen LogP contribution in [0.1, 0.15) is 18.9 Å². The average molecular weight is 406 g/mol. The number of benzene rings is 2. The van der Waals surface area contributed by atoms with Crippen molar-refractivity contribution in [2.75, 3.05) is 17.2 Å². The number of para-hydroxylation sites is 1. The van der Waals surface area contributed by atoms with Gasteiger partial charge in [-0.1, -0.05) is 60.6 Å². The molecule has 6 nitrogen and oxygen atoms in total. The van der Waals surface area contributed by atoms with Crippen LogP contribution in [0.4, 0.5) is 5.69 Å². The summed E-state index contributed by atoms with van der Waals surface area (Å²) in [5.74, 6) is 0.861. The van der Waals surface area contributed by atoms with E-state index in [4.69, 9.17) is 5.26 Å². The number of thioether (sulfide) groups is 1. The fourth-order valence-electron chi connectivity index (χ4n) is 3.02. The van der Waals surface area contributed by atoms with E-state index in [9.17, 15) is 4.79 Å². The van der Waals surface area contributed by atoms with Gasteiger partial charge < -0.3 is 4.57 Å². The highest BCUT2D eigenvalue weighted by molar-refractivity contribution is 7.99. The zero-order chi connectivity index (χ0) is 20.6. The van der Waals surface area contributed by atoms with Crippen LogP contribution in [-0.4, -0.2) is 33.0 Å². The van der Waals surface area contributed by atoms with Gasteiger partial charge in [0.25, 0.3) is 0 Å². The van der Waals surface area contributed by atoms with Crippen LogP contribution in [0.5, 0.6) is 0 Å². The Morgan fingerprint density at radius 3 is 2.66 bits per heavy atom. The summed E-state index contributed by atoms with van der Waals surface area (Å²) in [6, 6.07) is 19.5. The number of hydrogen-bond donors (Lipinski definition) is 0. The highest BCUT2D eigenvalue weighted by Gasteiger charge is 2.19. The predicted octanol–water partition coefficient (Wildman–Crippen LogP) is 4.31. The minimum Gasteiger partial charge on any atom is -0.302 e. The first-order chi connectivity index (χ1) is 14.1. The summed E-state index contributed by atoms with van der Waals surface area (Å²) in [5, 5.41) is 18.5. The summed E-state index contributed by atoms with van der Waals surface area (Å²) < 4.78 is 2.06. The number of carbonyl (C=O) groups excluding carboxylic acids is 1. The van der Waals surface area contributed by atoms with E-state index < -0.39 is 0 Å². The number of nitrogens with zero attached hydrogens (tertiary/aromatic N) is 5. The quantitative estimate of drug-likeness (QED) is 0.412. The van der Waals surface area contributed by atoms with Crippen molar-refractivity contribution in [3.8, 4) is 17.5 Å². The fourth-order valence-corrected chi connectivity index (χ4v) is 3.87. The van der Waals surface area contributed by atoms with Crippen LogP contribution in [0, 0.1) is 18.3 Å². The van der Waals surface area contributed by atoms with Crippen molar-refractivity contribution in [3.63, 3.8) is 0 Å². The van der Waals surface area contributed by atoms with Crippen LogP contribution in [-0.2, 0) is 11.3 Å². The number of hydrogen-bond acceptors (Lipinski definition) is 5. The zero-order valence-corrected chi connectivity index (χ0v) is 17.4. The number of rotatable bonds is 8. The second-order valence-electron chi connectivity index (χ2n) is 6.59. The van der Waals surface area contributed by atoms with Gasteiger partial charge in [-0.2, -0.15) is 5.26 Å². The molecule has 7 heteroatoms. The molecule has 0 aliphatic carbocycles. The Kier molecular flexibility index (Phi) is 7.04. The molecule has 3 aromatic rings. The number of anilines is 1. The van der Waals surface area contributed by atoms with Crippen LogP contribution < -0.4 is 4.90 Å². The molecule has 1 amide bonds. The standard InChI is InChI=1S/C22H23N5OS/c1-3-13-27-21(18-9-7-8-17(2)15-18)24-25-22(27)29-16-20(28)26(14-12-23)19-10-5-4-6-11-19/h4-11,15H,3,13-14,16H2,1-2H3. The van der Waals surface area contributed by atoms with Crippen molar-refractivity contribution >= 4 is 23.4 Å². The van der Waals surface area contributed by atoms with Gasteiger partial charge in [-0.15, -0.1) is 10.2 Å². The number of nitriles is 1. The molecule has 0 saturated carbocycles. The van der Waals surface area contributed by atoms with Gasteiger partial charge in [0.1, 0.15) is 6.54 Å². The normalized spacial score (nSPS) is 10.5. The van der Waals surface area contributed by atoms with E-state index in [2.05, 4.69) is 33.8 Å². The average Bonchev–Trinajstić information content (AvgIpc) is 3.14. The first-order valence-electron chi connectivity index (χ1n) is 9.49. The lowest BCUT2D eigenvalue weighted by molar-refractivity contribution is -0.116. The molecule has 2 aromatic carbocycles. The summed E-state index contributed by atoms with van der Waals surface area (Å²) in [6.45, 7) is 4.93. The van der Waals surface area contributed by atoms with Crippen molar-refractivity contribution in [1.82, 2.24) is 14.8 Å². The van der Waals surface area contributed by atoms with E-state index in [1.807, 2.05) is 55.5 Å². The molecule has 0 atom stereocenters. The van der Waals surface area contributed by atoms with Crippen molar-refractivity contribution in [2.45, 2.75) is 32.0 Å². The minimum absolute atomic E-state index is 0.0135. The van der Waals surface area contributed by atoms with E-state index in [1.165, 1.54) is 16.7 Å². The molecule has 0 N–H and O–H groups in total. The molecule has 3 rings (SSSR count). The largest absolute Gasteiger partial charge is 0.302 e. The third-order valence-corrected chi connectivity index (χ3v) is 5.31. The van der Waals surface area contributed by atoms with E-state index in [-0.39, 0.29) is 18.2 Å². The molecule has 0 aliphatic rings. The number of aromatic nitrogens is 3. The first-order valence-corrected chi connectivity index (χ1v) is 10.5. The molecular formula is C22H23N5OS. The van der Waals surface area contributed by atoms with Crippen molar-refractivity contribution in [1.29, 1.82) is 5.26 Å². The summed E-state index contributed by atoms with van der Waals surface area (Å²) in [4.78, 5) is 14.3. The Morgan fingerprint density at radius 1 is 1.17 bits per heavy atom. The molecule has 1 aromatic heterocycles. The van der Waals surface area contributed by atoms with Crippen molar-refractivity contribution in [2.24, 2.45) is 0 Å². The maximum absolute atomic E-state index is 12.8. The molecular weight excluding hydrogens is 382 g/mol. The van der Waals surface area contributed by atoms with Gasteiger partial charge in [-0.3, -0.25) is 9.69 Å². The van der Waals surface area contributed by atoms with Gasteiger partial charge in [0.15, 0.2) is 11.0 Å². The lowest BCUT2D eigenvalue weighted by Gasteiger charge is -2.19. The molecule has 0 unspecified atom stereocenters. The maximum Gasteiger partial charge on any atom is 0.238 e. The smallest absolute Gasteiger partial charge is 0.238 e. The van der Waals surface area contributed by atoms with Gasteiger partial charge >= 0.3 is 0 Å². The summed E-state index contributed by atoms with van der Waals surface area (Å²) in [7, 11) is 0. The van der Waals surface area contributed by atoms with Gasteiger partial charge in [0.05, 0.1) is 11.8 Å². The molecule has 0 bridgehead atoms. The Bertz CT molecular complexity index is 1010. The highest BCUT2D eigenvalue weighted by Crippen LogP contribution is 2.26. The maximum atomic E-state index is 12.8. The predicted molar refractivity (Wildman–Crippen MR) is 116 cm³/mol. The minimum atomic E-state index is -0.133. The van der Waals surface area contributed by atoms with E-state index in [1.54, 1.807) is 0 Å². The molecule has 0 aliphatic heterocycles. The first kappa shape index (κ1) is 20.6. The van der Waals surface area contributed by atoms with Crippen molar-refractivity contribution in [3.05, 3.63) is 60.2 Å². The van der Waals surface area contributed by atoms with Crippen LogP contribution in [0.3, 0.4) is 0 Å². The van der Waals surface area contributed by atoms with E-state index in [0.717, 1.165) is 35.6 Å². The summed E-state index contributed by atoms with van der Waals surface area (Å²) in [5.41, 5.74) is 2.89. The topological polar surface area (TPSA) is 74.8 Å². The van der Waals surface area contributed by atoms with Crippen LogP contribution in [0.15, 0.2) is 59.8 Å². The Hall–Kier alpha value is -3.11. The number of aryl methyl sites for hydroxylation is 1. The molecule has 148 valence electrons. The Morgan fingerprint density at radius 2 is 1.97 bits per heavy atom. The third-order valence-electron chi connectivity index (χ3n) is 4.36. The van der Waals surface area contributed by atoms with Crippen molar-refractivity contribution < 1.29 is 4.79 Å². The summed E-state index contributed by atoms with van der Waals surface area (Å²) >= 11 is 1.35. The van der Waals surface area contributed by atoms with Gasteiger partial charge in [-0.05, 0) is 31.5 Å². The lowest BCUT2D eigenvalue weighted by atomic mass is 10.1. The van der Waals surface area contributed by atoms with Gasteiger partial charge in [0, 0.05) is 17.8 Å². The molecule has 29 heavy (non-hydrogen) atoms. The van der Waals surface area contributed by atoms with Crippen LogP contribution in [0.2, 0.25) is 0 Å². The number of carbonyl (C=O) groups is 1. The third kappa shape index (κ3) is 5.04. The second kappa shape index (κ2) is 9.89. The fraction of sp³-hybridized carbons (Fsp3) is 0.273. The van der Waals surface area contributed by atoms with Crippen LogP contribution in [0.25, 0.3) is 11.4 Å². The Labute approximate surface area is 175 Å². The molecule has 0 saturated heterocycles. The SMILES string of the molecule is CCCn1c(SCC(=O)N(CC#N)c2ccccc2)nnc1-c1cccc(C)c1. The van der Waals surface area contributed by atoms with Gasteiger partial charge in [-0.25, -0.2) is 0 Å². The van der Waals surface area contributed by atoms with E-state index >= 15 is 0 Å². The monoisotopic (exact) mass is 405 g/mol. The van der Waals surface area contributed by atoms with Gasteiger partial charge in [0.2, 0.25) is 5.91 Å². The molecule has 0 fully saturated rings. The highest BCUT2D eigenvalue weighted by atomic mass is 32.2. The van der Waals surface area contributed by atoms with Crippen LogP contribution >= 0.6 is 11.8 Å². The molecule has 1 heterocycles. The Balaban J connectivity index is 1.79. The lowest BCUT2D eigenvalue weighted by Crippen LogP contribution is -2.32.